The number of hydrogen-bond donors (Lipinski definition) is 1. The van der Waals surface area contributed by atoms with Gasteiger partial charge in [0.05, 0.1) is 11.5 Å². The molecule has 0 amide bonds. The molecule has 1 saturated heterocycles. The highest BCUT2D eigenvalue weighted by atomic mass is 32.2. The molecule has 100 valence electrons. The minimum Gasteiger partial charge on any atom is -0.508 e. The van der Waals surface area contributed by atoms with Gasteiger partial charge < -0.3 is 9.84 Å². The van der Waals surface area contributed by atoms with Crippen molar-refractivity contribution in [3.05, 3.63) is 24.3 Å². The van der Waals surface area contributed by atoms with Crippen LogP contribution >= 0.6 is 0 Å². The Bertz CT molecular complexity index is 497. The molecule has 1 heterocycles. The van der Waals surface area contributed by atoms with E-state index in [1.54, 1.807) is 7.11 Å². The first-order valence-electron chi connectivity index (χ1n) is 5.82. The van der Waals surface area contributed by atoms with Gasteiger partial charge in [0.25, 0.3) is 0 Å². The van der Waals surface area contributed by atoms with E-state index in [4.69, 9.17) is 4.74 Å². The van der Waals surface area contributed by atoms with Crippen LogP contribution in [-0.4, -0.2) is 44.6 Å². The van der Waals surface area contributed by atoms with Crippen molar-refractivity contribution in [2.24, 2.45) is 5.92 Å². The van der Waals surface area contributed by atoms with Crippen LogP contribution in [0.1, 0.15) is 6.42 Å². The maximum absolute atomic E-state index is 12.3. The molecule has 1 unspecified atom stereocenters. The third-order valence-corrected chi connectivity index (χ3v) is 5.00. The minimum absolute atomic E-state index is 0.0626. The third kappa shape index (κ3) is 2.66. The summed E-state index contributed by atoms with van der Waals surface area (Å²) in [5.74, 6) is 0.328. The fourth-order valence-corrected chi connectivity index (χ4v) is 3.69. The number of phenolic OH excluding ortho intramolecular Hbond substituents is 1. The van der Waals surface area contributed by atoms with Crippen LogP contribution in [0.2, 0.25) is 0 Å². The van der Waals surface area contributed by atoms with E-state index in [0.717, 1.165) is 6.42 Å². The van der Waals surface area contributed by atoms with Gasteiger partial charge >= 0.3 is 0 Å². The number of nitrogens with zero attached hydrogens (tertiary/aromatic N) is 1. The van der Waals surface area contributed by atoms with Gasteiger partial charge in [0, 0.05) is 20.2 Å². The van der Waals surface area contributed by atoms with Gasteiger partial charge in [-0.2, -0.15) is 4.31 Å². The molecule has 5 nitrogen and oxygen atoms in total. The molecule has 0 saturated carbocycles. The first-order valence-corrected chi connectivity index (χ1v) is 7.26. The van der Waals surface area contributed by atoms with Gasteiger partial charge in [0.15, 0.2) is 0 Å². The highest BCUT2D eigenvalue weighted by Crippen LogP contribution is 2.25. The summed E-state index contributed by atoms with van der Waals surface area (Å²) in [5.41, 5.74) is 0. The largest absolute Gasteiger partial charge is 0.508 e. The first-order chi connectivity index (χ1) is 8.54. The molecule has 2 rings (SSSR count). The fraction of sp³-hybridized carbons (Fsp3) is 0.500. The average molecular weight is 271 g/mol. The highest BCUT2D eigenvalue weighted by Gasteiger charge is 2.32. The van der Waals surface area contributed by atoms with E-state index in [1.807, 2.05) is 0 Å². The molecule has 6 heteroatoms. The molecule has 1 N–H and O–H groups in total. The number of sulfonamides is 1. The van der Waals surface area contributed by atoms with Crippen LogP contribution in [-0.2, 0) is 14.8 Å². The number of benzene rings is 1. The zero-order valence-electron chi connectivity index (χ0n) is 10.2. The highest BCUT2D eigenvalue weighted by molar-refractivity contribution is 7.89. The Morgan fingerprint density at radius 2 is 2.06 bits per heavy atom. The molecule has 0 aromatic heterocycles. The van der Waals surface area contributed by atoms with Crippen molar-refractivity contribution in [3.8, 4) is 5.75 Å². The summed E-state index contributed by atoms with van der Waals surface area (Å²) in [6.45, 7) is 1.61. The fourth-order valence-electron chi connectivity index (χ4n) is 2.15. The Hall–Kier alpha value is -1.11. The van der Waals surface area contributed by atoms with Crippen LogP contribution in [0.25, 0.3) is 0 Å². The van der Waals surface area contributed by atoms with Crippen LogP contribution in [0.5, 0.6) is 5.75 Å². The van der Waals surface area contributed by atoms with E-state index in [-0.39, 0.29) is 16.6 Å². The van der Waals surface area contributed by atoms with Gasteiger partial charge in [0.1, 0.15) is 5.75 Å². The molecule has 0 bridgehead atoms. The lowest BCUT2D eigenvalue weighted by molar-refractivity contribution is 0.157. The average Bonchev–Trinajstić information content (AvgIpc) is 2.79. The number of rotatable bonds is 4. The normalized spacial score (nSPS) is 21.3. The summed E-state index contributed by atoms with van der Waals surface area (Å²) < 4.78 is 31.1. The molecule has 1 aromatic carbocycles. The van der Waals surface area contributed by atoms with Gasteiger partial charge in [-0.15, -0.1) is 0 Å². The molecule has 0 spiro atoms. The molecular formula is C12H17NO4S. The molecule has 1 aliphatic rings. The summed E-state index contributed by atoms with van der Waals surface area (Å²) in [4.78, 5) is 0.221. The molecule has 0 radical (unpaired) electrons. The van der Waals surface area contributed by atoms with Crippen molar-refractivity contribution in [2.45, 2.75) is 11.3 Å². The monoisotopic (exact) mass is 271 g/mol. The Morgan fingerprint density at radius 1 is 1.39 bits per heavy atom. The van der Waals surface area contributed by atoms with E-state index in [2.05, 4.69) is 0 Å². The van der Waals surface area contributed by atoms with Crippen molar-refractivity contribution >= 4 is 10.0 Å². The van der Waals surface area contributed by atoms with Crippen LogP contribution in [0.4, 0.5) is 0 Å². The molecule has 0 aliphatic carbocycles. The predicted octanol–water partition coefficient (Wildman–Crippen LogP) is 1.05. The van der Waals surface area contributed by atoms with Gasteiger partial charge in [-0.05, 0) is 36.6 Å². The molecule has 1 aromatic rings. The van der Waals surface area contributed by atoms with Gasteiger partial charge in [0.2, 0.25) is 10.0 Å². The van der Waals surface area contributed by atoms with Gasteiger partial charge in [-0.3, -0.25) is 0 Å². The van der Waals surface area contributed by atoms with Crippen LogP contribution < -0.4 is 0 Å². The van der Waals surface area contributed by atoms with Crippen LogP contribution in [0.3, 0.4) is 0 Å². The first kappa shape index (κ1) is 13.3. The number of aromatic hydroxyl groups is 1. The summed E-state index contributed by atoms with van der Waals surface area (Å²) in [6.07, 6.45) is 0.825. The van der Waals surface area contributed by atoms with Crippen molar-refractivity contribution in [1.29, 1.82) is 0 Å². The molecule has 1 fully saturated rings. The van der Waals surface area contributed by atoms with Crippen molar-refractivity contribution in [2.75, 3.05) is 26.8 Å². The number of hydrogen-bond acceptors (Lipinski definition) is 4. The minimum atomic E-state index is -3.44. The number of phenols is 1. The SMILES string of the molecule is COCC1CCN(S(=O)(=O)c2ccc(O)cc2)C1. The second-order valence-corrected chi connectivity index (χ2v) is 6.40. The van der Waals surface area contributed by atoms with Crippen LogP contribution in [0, 0.1) is 5.92 Å². The van der Waals surface area contributed by atoms with E-state index >= 15 is 0 Å². The summed E-state index contributed by atoms with van der Waals surface area (Å²) in [7, 11) is -1.82. The predicted molar refractivity (Wildman–Crippen MR) is 66.8 cm³/mol. The zero-order valence-corrected chi connectivity index (χ0v) is 11.1. The topological polar surface area (TPSA) is 66.8 Å². The Balaban J connectivity index is 2.15. The number of ether oxygens (including phenoxy) is 1. The Morgan fingerprint density at radius 3 is 2.67 bits per heavy atom. The smallest absolute Gasteiger partial charge is 0.243 e. The summed E-state index contributed by atoms with van der Waals surface area (Å²) >= 11 is 0. The zero-order chi connectivity index (χ0) is 13.2. The Labute approximate surface area is 107 Å². The van der Waals surface area contributed by atoms with Crippen LogP contribution in [0.15, 0.2) is 29.2 Å². The Kier molecular flexibility index (Phi) is 3.89. The maximum atomic E-state index is 12.3. The van der Waals surface area contributed by atoms with E-state index in [9.17, 15) is 13.5 Å². The van der Waals surface area contributed by atoms with E-state index in [1.165, 1.54) is 28.6 Å². The second-order valence-electron chi connectivity index (χ2n) is 4.47. The molecule has 1 aliphatic heterocycles. The third-order valence-electron chi connectivity index (χ3n) is 3.13. The van der Waals surface area contributed by atoms with Gasteiger partial charge in [-0.1, -0.05) is 0 Å². The summed E-state index contributed by atoms with van der Waals surface area (Å²) in [6, 6.07) is 5.62. The van der Waals surface area contributed by atoms with Crippen molar-refractivity contribution in [1.82, 2.24) is 4.31 Å². The number of methoxy groups -OCH3 is 1. The molecule has 1 atom stereocenters. The quantitative estimate of drug-likeness (QED) is 0.889. The lowest BCUT2D eigenvalue weighted by Gasteiger charge is -2.16. The van der Waals surface area contributed by atoms with Gasteiger partial charge in [-0.25, -0.2) is 8.42 Å². The van der Waals surface area contributed by atoms with Crippen molar-refractivity contribution in [3.63, 3.8) is 0 Å². The lowest BCUT2D eigenvalue weighted by atomic mass is 10.1. The lowest BCUT2D eigenvalue weighted by Crippen LogP contribution is -2.29. The second kappa shape index (κ2) is 5.26. The summed E-state index contributed by atoms with van der Waals surface area (Å²) in [5, 5.41) is 9.17. The van der Waals surface area contributed by atoms with Crippen molar-refractivity contribution < 1.29 is 18.3 Å². The van der Waals surface area contributed by atoms with E-state index in [0.29, 0.717) is 19.7 Å². The molecular weight excluding hydrogens is 254 g/mol. The molecule has 18 heavy (non-hydrogen) atoms. The maximum Gasteiger partial charge on any atom is 0.243 e. The standard InChI is InChI=1S/C12H17NO4S/c1-17-9-10-6-7-13(8-10)18(15,16)12-4-2-11(14)3-5-12/h2-5,10,14H,6-9H2,1H3. The van der Waals surface area contributed by atoms with E-state index < -0.39 is 10.0 Å².